The van der Waals surface area contributed by atoms with Gasteiger partial charge in [0.1, 0.15) is 5.76 Å². The first-order valence-corrected chi connectivity index (χ1v) is 6.98. The van der Waals surface area contributed by atoms with Crippen LogP contribution >= 0.6 is 0 Å². The fourth-order valence-electron chi connectivity index (χ4n) is 2.53. The van der Waals surface area contributed by atoms with Gasteiger partial charge >= 0.3 is 0 Å². The largest absolute Gasteiger partial charge is 0.507 e. The number of carbonyl (C=O) groups is 2. The molecule has 2 aromatic carbocycles. The molecular weight excluding hydrogens is 278 g/mol. The monoisotopic (exact) mass is 293 g/mol. The average Bonchev–Trinajstić information content (AvgIpc) is 2.84. The highest BCUT2D eigenvalue weighted by Gasteiger charge is 2.39. The summed E-state index contributed by atoms with van der Waals surface area (Å²) in [5, 5.41) is 13.1. The van der Waals surface area contributed by atoms with Gasteiger partial charge in [0.05, 0.1) is 11.6 Å². The molecule has 1 atom stereocenters. The van der Waals surface area contributed by atoms with Gasteiger partial charge in [-0.2, -0.15) is 0 Å². The maximum absolute atomic E-state index is 12.1. The molecule has 1 saturated heterocycles. The minimum absolute atomic E-state index is 0.0973. The van der Waals surface area contributed by atoms with Gasteiger partial charge in [0.15, 0.2) is 0 Å². The lowest BCUT2D eigenvalue weighted by Crippen LogP contribution is -2.21. The van der Waals surface area contributed by atoms with Crippen molar-refractivity contribution >= 4 is 17.4 Å². The number of Topliss-reactive ketones (excluding diaryl/α,β-unsaturated/α-hetero) is 1. The lowest BCUT2D eigenvalue weighted by atomic mass is 9.96. The highest BCUT2D eigenvalue weighted by Crippen LogP contribution is 2.32. The summed E-state index contributed by atoms with van der Waals surface area (Å²) >= 11 is 0. The minimum atomic E-state index is -0.692. The van der Waals surface area contributed by atoms with Crippen LogP contribution in [0.4, 0.5) is 0 Å². The number of hydrogen-bond donors (Lipinski definition) is 2. The third-order valence-electron chi connectivity index (χ3n) is 3.73. The molecule has 2 aromatic rings. The number of rotatable bonds is 2. The predicted molar refractivity (Wildman–Crippen MR) is 83.1 cm³/mol. The van der Waals surface area contributed by atoms with Crippen molar-refractivity contribution < 1.29 is 14.7 Å². The third-order valence-corrected chi connectivity index (χ3v) is 3.73. The molecule has 22 heavy (non-hydrogen) atoms. The zero-order valence-electron chi connectivity index (χ0n) is 12.0. The van der Waals surface area contributed by atoms with Crippen molar-refractivity contribution in [3.8, 4) is 0 Å². The molecule has 3 rings (SSSR count). The fourth-order valence-corrected chi connectivity index (χ4v) is 2.53. The van der Waals surface area contributed by atoms with Crippen molar-refractivity contribution in [3.63, 3.8) is 0 Å². The van der Waals surface area contributed by atoms with Crippen molar-refractivity contribution in [2.24, 2.45) is 0 Å². The maximum atomic E-state index is 12.1. The Morgan fingerprint density at radius 1 is 1.00 bits per heavy atom. The van der Waals surface area contributed by atoms with Gasteiger partial charge in [-0.3, -0.25) is 9.59 Å². The molecule has 1 fully saturated rings. The van der Waals surface area contributed by atoms with Crippen LogP contribution in [-0.4, -0.2) is 16.8 Å². The van der Waals surface area contributed by atoms with E-state index in [4.69, 9.17) is 0 Å². The smallest absolute Gasteiger partial charge is 0.293 e. The van der Waals surface area contributed by atoms with Gasteiger partial charge in [-0.25, -0.2) is 0 Å². The summed E-state index contributed by atoms with van der Waals surface area (Å²) in [5.74, 6) is -1.54. The van der Waals surface area contributed by atoms with E-state index in [0.717, 1.165) is 11.1 Å². The molecule has 0 radical (unpaired) electrons. The van der Waals surface area contributed by atoms with E-state index in [0.29, 0.717) is 5.56 Å². The molecule has 1 aliphatic heterocycles. The van der Waals surface area contributed by atoms with E-state index in [1.54, 1.807) is 12.1 Å². The lowest BCUT2D eigenvalue weighted by Gasteiger charge is -2.13. The molecule has 2 N–H and O–H groups in total. The summed E-state index contributed by atoms with van der Waals surface area (Å²) in [6.07, 6.45) is 0. The molecule has 1 aliphatic rings. The first-order chi connectivity index (χ1) is 10.6. The van der Waals surface area contributed by atoms with E-state index >= 15 is 0 Å². The fraction of sp³-hybridized carbons (Fsp3) is 0.111. The second-order valence-electron chi connectivity index (χ2n) is 5.27. The van der Waals surface area contributed by atoms with Crippen LogP contribution in [-0.2, 0) is 9.59 Å². The Bertz CT molecular complexity index is 761. The summed E-state index contributed by atoms with van der Waals surface area (Å²) in [4.78, 5) is 23.9. The molecular formula is C18H15NO3. The Morgan fingerprint density at radius 2 is 1.64 bits per heavy atom. The van der Waals surface area contributed by atoms with E-state index < -0.39 is 17.7 Å². The Labute approximate surface area is 128 Å². The van der Waals surface area contributed by atoms with E-state index in [1.165, 1.54) is 0 Å². The van der Waals surface area contributed by atoms with Gasteiger partial charge in [0.25, 0.3) is 11.7 Å². The molecule has 1 amide bonds. The standard InChI is InChI=1S/C18H15NO3/c1-11-7-9-13(10-8-11)16(20)14-15(19-18(22)17(14)21)12-5-3-2-4-6-12/h2-10,15,20H,1H3,(H,19,22)/b16-14-. The van der Waals surface area contributed by atoms with E-state index in [2.05, 4.69) is 5.32 Å². The van der Waals surface area contributed by atoms with Crippen molar-refractivity contribution in [1.29, 1.82) is 0 Å². The highest BCUT2D eigenvalue weighted by atomic mass is 16.3. The average molecular weight is 293 g/mol. The molecule has 110 valence electrons. The summed E-state index contributed by atoms with van der Waals surface area (Å²) < 4.78 is 0. The molecule has 1 unspecified atom stereocenters. The summed E-state index contributed by atoms with van der Waals surface area (Å²) in [6.45, 7) is 1.94. The summed E-state index contributed by atoms with van der Waals surface area (Å²) in [6, 6.07) is 15.7. The highest BCUT2D eigenvalue weighted by molar-refractivity contribution is 6.46. The number of hydrogen-bond acceptors (Lipinski definition) is 3. The van der Waals surface area contributed by atoms with Crippen LogP contribution in [0.3, 0.4) is 0 Å². The zero-order valence-corrected chi connectivity index (χ0v) is 12.0. The second-order valence-corrected chi connectivity index (χ2v) is 5.27. The molecule has 0 saturated carbocycles. The van der Waals surface area contributed by atoms with Crippen molar-refractivity contribution in [1.82, 2.24) is 5.32 Å². The Morgan fingerprint density at radius 3 is 2.27 bits per heavy atom. The van der Waals surface area contributed by atoms with Crippen molar-refractivity contribution in [2.75, 3.05) is 0 Å². The van der Waals surface area contributed by atoms with E-state index in [1.807, 2.05) is 49.4 Å². The van der Waals surface area contributed by atoms with Crippen LogP contribution in [0.25, 0.3) is 5.76 Å². The van der Waals surface area contributed by atoms with Gasteiger partial charge in [-0.1, -0.05) is 60.2 Å². The molecule has 0 bridgehead atoms. The van der Waals surface area contributed by atoms with Crippen LogP contribution in [0.5, 0.6) is 0 Å². The van der Waals surface area contributed by atoms with Gasteiger partial charge in [-0.05, 0) is 12.5 Å². The van der Waals surface area contributed by atoms with Crippen LogP contribution < -0.4 is 5.32 Å². The number of amides is 1. The number of aryl methyl sites for hydroxylation is 1. The van der Waals surface area contributed by atoms with E-state index in [9.17, 15) is 14.7 Å². The van der Waals surface area contributed by atoms with Crippen LogP contribution in [0.2, 0.25) is 0 Å². The third kappa shape index (κ3) is 2.39. The SMILES string of the molecule is Cc1ccc(/C(O)=C2/C(=O)C(=O)NC2c2ccccc2)cc1. The van der Waals surface area contributed by atoms with Gasteiger partial charge in [-0.15, -0.1) is 0 Å². The number of ketones is 1. The molecule has 0 spiro atoms. The van der Waals surface area contributed by atoms with Crippen LogP contribution in [0.15, 0.2) is 60.2 Å². The topological polar surface area (TPSA) is 66.4 Å². The maximum Gasteiger partial charge on any atom is 0.293 e. The summed E-state index contributed by atoms with van der Waals surface area (Å²) in [5.41, 5.74) is 2.43. The minimum Gasteiger partial charge on any atom is -0.507 e. The summed E-state index contributed by atoms with van der Waals surface area (Å²) in [7, 11) is 0. The number of carbonyl (C=O) groups excluding carboxylic acids is 2. The number of aliphatic hydroxyl groups excluding tert-OH is 1. The number of benzene rings is 2. The van der Waals surface area contributed by atoms with Crippen molar-refractivity contribution in [2.45, 2.75) is 13.0 Å². The van der Waals surface area contributed by atoms with Gasteiger partial charge in [0, 0.05) is 5.56 Å². The Balaban J connectivity index is 2.11. The Hall–Kier alpha value is -2.88. The van der Waals surface area contributed by atoms with Crippen LogP contribution in [0, 0.1) is 6.92 Å². The predicted octanol–water partition coefficient (Wildman–Crippen LogP) is 2.70. The van der Waals surface area contributed by atoms with Crippen molar-refractivity contribution in [3.05, 3.63) is 76.9 Å². The first kappa shape index (κ1) is 14.1. The molecule has 0 aromatic heterocycles. The molecule has 1 heterocycles. The number of aliphatic hydroxyl groups is 1. The normalized spacial score (nSPS) is 20.0. The first-order valence-electron chi connectivity index (χ1n) is 6.98. The lowest BCUT2D eigenvalue weighted by molar-refractivity contribution is -0.133. The number of nitrogens with one attached hydrogen (secondary N) is 1. The van der Waals surface area contributed by atoms with E-state index in [-0.39, 0.29) is 11.3 Å². The molecule has 4 heteroatoms. The molecule has 4 nitrogen and oxygen atoms in total. The molecule has 0 aliphatic carbocycles. The van der Waals surface area contributed by atoms with Crippen LogP contribution in [0.1, 0.15) is 22.7 Å². The quantitative estimate of drug-likeness (QED) is 0.508. The second kappa shape index (κ2) is 5.48. The zero-order chi connectivity index (χ0) is 15.7. The van der Waals surface area contributed by atoms with Gasteiger partial charge < -0.3 is 10.4 Å². The van der Waals surface area contributed by atoms with Gasteiger partial charge in [0.2, 0.25) is 0 Å². The Kier molecular flexibility index (Phi) is 3.51.